The summed E-state index contributed by atoms with van der Waals surface area (Å²) in [5, 5.41) is 2.78. The zero-order chi connectivity index (χ0) is 21.7. The minimum Gasteiger partial charge on any atom is -0.497 e. The third-order valence-electron chi connectivity index (χ3n) is 4.61. The van der Waals surface area contributed by atoms with Gasteiger partial charge >= 0.3 is 0 Å². The molecule has 1 amide bonds. The molecule has 30 heavy (non-hydrogen) atoms. The average Bonchev–Trinajstić information content (AvgIpc) is 2.73. The summed E-state index contributed by atoms with van der Waals surface area (Å²) in [4.78, 5) is 12.9. The number of sulfonamides is 1. The third-order valence-corrected chi connectivity index (χ3v) is 6.38. The van der Waals surface area contributed by atoms with E-state index in [4.69, 9.17) is 4.74 Å². The second-order valence-electron chi connectivity index (χ2n) is 6.89. The second-order valence-corrected chi connectivity index (χ2v) is 8.76. The van der Waals surface area contributed by atoms with Crippen molar-refractivity contribution in [2.75, 3.05) is 23.3 Å². The molecule has 0 spiro atoms. The van der Waals surface area contributed by atoms with Gasteiger partial charge in [-0.1, -0.05) is 36.4 Å². The molecule has 0 aliphatic rings. The summed E-state index contributed by atoms with van der Waals surface area (Å²) in [7, 11) is -2.47. The molecular weight excluding hydrogens is 400 g/mol. The zero-order valence-corrected chi connectivity index (χ0v) is 17.9. The molecule has 0 aliphatic heterocycles. The fourth-order valence-corrected chi connectivity index (χ4v) is 4.56. The fraction of sp³-hybridized carbons (Fsp3) is 0.174. The van der Waals surface area contributed by atoms with Crippen molar-refractivity contribution in [2.45, 2.75) is 18.7 Å². The molecule has 0 aliphatic carbocycles. The summed E-state index contributed by atoms with van der Waals surface area (Å²) in [6.07, 6.45) is 0. The van der Waals surface area contributed by atoms with E-state index in [1.807, 2.05) is 25.1 Å². The van der Waals surface area contributed by atoms with Gasteiger partial charge in [0.2, 0.25) is 5.91 Å². The van der Waals surface area contributed by atoms with E-state index in [0.29, 0.717) is 22.7 Å². The Kier molecular flexibility index (Phi) is 6.42. The van der Waals surface area contributed by atoms with Gasteiger partial charge in [0.15, 0.2) is 0 Å². The average molecular weight is 425 g/mol. The van der Waals surface area contributed by atoms with Gasteiger partial charge in [0.05, 0.1) is 17.7 Å². The maximum Gasteiger partial charge on any atom is 0.264 e. The molecule has 7 heteroatoms. The van der Waals surface area contributed by atoms with E-state index in [0.717, 1.165) is 9.87 Å². The Morgan fingerprint density at radius 2 is 1.70 bits per heavy atom. The normalized spacial score (nSPS) is 11.0. The lowest BCUT2D eigenvalue weighted by Crippen LogP contribution is -2.38. The van der Waals surface area contributed by atoms with Crippen LogP contribution in [0.4, 0.5) is 11.4 Å². The van der Waals surface area contributed by atoms with E-state index in [2.05, 4.69) is 5.32 Å². The molecular formula is C23H24N2O4S. The van der Waals surface area contributed by atoms with Crippen LogP contribution >= 0.6 is 0 Å². The van der Waals surface area contributed by atoms with Gasteiger partial charge in [-0.15, -0.1) is 0 Å². The van der Waals surface area contributed by atoms with Gasteiger partial charge in [0.1, 0.15) is 12.3 Å². The van der Waals surface area contributed by atoms with Crippen LogP contribution in [0.5, 0.6) is 5.75 Å². The molecule has 0 fully saturated rings. The number of ether oxygens (including phenoxy) is 1. The van der Waals surface area contributed by atoms with Gasteiger partial charge < -0.3 is 10.1 Å². The Balaban J connectivity index is 2.01. The van der Waals surface area contributed by atoms with Crippen LogP contribution in [0.15, 0.2) is 77.7 Å². The number of methoxy groups -OCH3 is 1. The van der Waals surface area contributed by atoms with Crippen LogP contribution in [0.25, 0.3) is 0 Å². The maximum absolute atomic E-state index is 13.4. The highest BCUT2D eigenvalue weighted by Crippen LogP contribution is 2.30. The van der Waals surface area contributed by atoms with E-state index < -0.39 is 15.9 Å². The van der Waals surface area contributed by atoms with Crippen molar-refractivity contribution in [3.8, 4) is 5.75 Å². The SMILES string of the molecule is COc1ccc(C)c(N(CC(=O)Nc2cccc(C)c2)S(=O)(=O)c2ccccc2)c1. The zero-order valence-electron chi connectivity index (χ0n) is 17.1. The Hall–Kier alpha value is -3.32. The van der Waals surface area contributed by atoms with Gasteiger partial charge in [-0.05, 0) is 55.3 Å². The smallest absolute Gasteiger partial charge is 0.264 e. The van der Waals surface area contributed by atoms with Crippen molar-refractivity contribution in [1.29, 1.82) is 0 Å². The van der Waals surface area contributed by atoms with Crippen molar-refractivity contribution in [2.24, 2.45) is 0 Å². The summed E-state index contributed by atoms with van der Waals surface area (Å²) < 4.78 is 33.3. The molecule has 0 saturated heterocycles. The van der Waals surface area contributed by atoms with Crippen molar-refractivity contribution < 1.29 is 17.9 Å². The minimum atomic E-state index is -3.98. The first-order valence-electron chi connectivity index (χ1n) is 9.40. The monoisotopic (exact) mass is 424 g/mol. The van der Waals surface area contributed by atoms with Gasteiger partial charge in [-0.2, -0.15) is 0 Å². The number of nitrogens with zero attached hydrogens (tertiary/aromatic N) is 1. The second kappa shape index (κ2) is 9.00. The van der Waals surface area contributed by atoms with Crippen molar-refractivity contribution in [3.05, 3.63) is 83.9 Å². The molecule has 0 radical (unpaired) electrons. The first-order valence-corrected chi connectivity index (χ1v) is 10.8. The first kappa shape index (κ1) is 21.4. The lowest BCUT2D eigenvalue weighted by molar-refractivity contribution is -0.114. The molecule has 3 rings (SSSR count). The summed E-state index contributed by atoms with van der Waals surface area (Å²) >= 11 is 0. The predicted molar refractivity (Wildman–Crippen MR) is 119 cm³/mol. The Bertz CT molecular complexity index is 1140. The number of hydrogen-bond acceptors (Lipinski definition) is 4. The largest absolute Gasteiger partial charge is 0.497 e. The molecule has 0 saturated carbocycles. The Morgan fingerprint density at radius 1 is 0.967 bits per heavy atom. The van der Waals surface area contributed by atoms with Crippen LogP contribution in [0.1, 0.15) is 11.1 Å². The highest BCUT2D eigenvalue weighted by Gasteiger charge is 2.28. The summed E-state index contributed by atoms with van der Waals surface area (Å²) in [6, 6.07) is 20.5. The number of nitrogens with one attached hydrogen (secondary N) is 1. The highest BCUT2D eigenvalue weighted by atomic mass is 32.2. The quantitative estimate of drug-likeness (QED) is 0.618. The van der Waals surface area contributed by atoms with E-state index >= 15 is 0 Å². The van der Waals surface area contributed by atoms with Gasteiger partial charge in [0, 0.05) is 11.8 Å². The number of anilines is 2. The summed E-state index contributed by atoms with van der Waals surface area (Å²) in [6.45, 7) is 3.33. The fourth-order valence-electron chi connectivity index (χ4n) is 3.06. The molecule has 6 nitrogen and oxygen atoms in total. The number of amides is 1. The maximum atomic E-state index is 13.4. The molecule has 3 aromatic rings. The number of benzene rings is 3. The van der Waals surface area contributed by atoms with Crippen LogP contribution in [0.2, 0.25) is 0 Å². The van der Waals surface area contributed by atoms with E-state index in [9.17, 15) is 13.2 Å². The molecule has 0 bridgehead atoms. The molecule has 3 aromatic carbocycles. The summed E-state index contributed by atoms with van der Waals surface area (Å²) in [5.74, 6) is 0.0604. The lowest BCUT2D eigenvalue weighted by atomic mass is 10.2. The number of carbonyl (C=O) groups is 1. The van der Waals surface area contributed by atoms with E-state index in [1.54, 1.807) is 49.4 Å². The molecule has 0 heterocycles. The number of carbonyl (C=O) groups excluding carboxylic acids is 1. The standard InChI is InChI=1S/C23H24N2O4S/c1-17-8-7-9-19(14-17)24-23(26)16-25(22-15-20(29-3)13-12-18(22)2)30(27,28)21-10-5-4-6-11-21/h4-15H,16H2,1-3H3,(H,24,26). The number of aryl methyl sites for hydroxylation is 2. The molecule has 0 unspecified atom stereocenters. The minimum absolute atomic E-state index is 0.107. The van der Waals surface area contributed by atoms with Crippen LogP contribution in [-0.2, 0) is 14.8 Å². The molecule has 0 aromatic heterocycles. The number of rotatable bonds is 7. The van der Waals surface area contributed by atoms with Gasteiger partial charge in [0.25, 0.3) is 10.0 Å². The molecule has 0 atom stereocenters. The van der Waals surface area contributed by atoms with E-state index in [1.165, 1.54) is 19.2 Å². The van der Waals surface area contributed by atoms with Crippen LogP contribution < -0.4 is 14.4 Å². The van der Waals surface area contributed by atoms with Crippen LogP contribution in [0.3, 0.4) is 0 Å². The predicted octanol–water partition coefficient (Wildman–Crippen LogP) is 4.15. The lowest BCUT2D eigenvalue weighted by Gasteiger charge is -2.26. The van der Waals surface area contributed by atoms with Gasteiger partial charge in [-0.3, -0.25) is 9.10 Å². The van der Waals surface area contributed by atoms with Gasteiger partial charge in [-0.25, -0.2) is 8.42 Å². The van der Waals surface area contributed by atoms with Crippen molar-refractivity contribution in [3.63, 3.8) is 0 Å². The van der Waals surface area contributed by atoms with E-state index in [-0.39, 0.29) is 11.4 Å². The first-order chi connectivity index (χ1) is 14.3. The Morgan fingerprint density at radius 3 is 2.37 bits per heavy atom. The van der Waals surface area contributed by atoms with Crippen LogP contribution in [0, 0.1) is 13.8 Å². The topological polar surface area (TPSA) is 75.7 Å². The summed E-state index contributed by atoms with van der Waals surface area (Å²) in [5.41, 5.74) is 2.70. The van der Waals surface area contributed by atoms with Crippen molar-refractivity contribution in [1.82, 2.24) is 0 Å². The molecule has 1 N–H and O–H groups in total. The molecule has 156 valence electrons. The van der Waals surface area contributed by atoms with Crippen LogP contribution in [-0.4, -0.2) is 28.0 Å². The Labute approximate surface area is 177 Å². The van der Waals surface area contributed by atoms with Crippen molar-refractivity contribution >= 4 is 27.3 Å². The third kappa shape index (κ3) is 4.80. The highest BCUT2D eigenvalue weighted by molar-refractivity contribution is 7.92. The number of hydrogen-bond donors (Lipinski definition) is 1.